The van der Waals surface area contributed by atoms with Crippen LogP contribution < -0.4 is 5.43 Å². The second-order valence-electron chi connectivity index (χ2n) is 4.37. The van der Waals surface area contributed by atoms with Crippen molar-refractivity contribution in [1.29, 1.82) is 0 Å². The molecule has 1 aromatic carbocycles. The number of aromatic nitrogens is 2. The van der Waals surface area contributed by atoms with Gasteiger partial charge in [0.05, 0.1) is 16.6 Å². The number of carbonyl (C=O) groups excluding carboxylic acids is 1. The first-order valence-corrected chi connectivity index (χ1v) is 5.95. The van der Waals surface area contributed by atoms with E-state index < -0.39 is 0 Å². The largest absolute Gasteiger partial charge is 0.466 e. The van der Waals surface area contributed by atoms with Gasteiger partial charge in [0.1, 0.15) is 17.8 Å². The normalized spacial score (nSPS) is 10.8. The first kappa shape index (κ1) is 11.5. The van der Waals surface area contributed by atoms with Gasteiger partial charge in [0.15, 0.2) is 0 Å². The standard InChI is InChI=1S/C14H13N3O2/c1-9-7-11(10(2)19-9)14(18)16-17-8-15-12-5-3-4-6-13(12)17/h3-8H,1-2H3,(H,16,18). The van der Waals surface area contributed by atoms with Crippen molar-refractivity contribution in [3.63, 3.8) is 0 Å². The lowest BCUT2D eigenvalue weighted by Gasteiger charge is -2.05. The number of rotatable bonds is 2. The number of fused-ring (bicyclic) bond motifs is 1. The number of para-hydroxylation sites is 2. The van der Waals surface area contributed by atoms with Crippen LogP contribution in [0.4, 0.5) is 0 Å². The molecule has 3 aromatic rings. The number of imidazole rings is 1. The molecular weight excluding hydrogens is 242 g/mol. The number of hydrogen-bond acceptors (Lipinski definition) is 3. The predicted octanol–water partition coefficient (Wildman–Crippen LogP) is 2.63. The Bertz CT molecular complexity index is 755. The Kier molecular flexibility index (Phi) is 2.59. The Labute approximate surface area is 109 Å². The highest BCUT2D eigenvalue weighted by molar-refractivity contribution is 6.01. The van der Waals surface area contributed by atoms with E-state index in [2.05, 4.69) is 10.4 Å². The smallest absolute Gasteiger partial charge is 0.273 e. The van der Waals surface area contributed by atoms with Crippen molar-refractivity contribution < 1.29 is 9.21 Å². The molecule has 0 spiro atoms. The predicted molar refractivity (Wildman–Crippen MR) is 71.6 cm³/mol. The van der Waals surface area contributed by atoms with Gasteiger partial charge in [-0.2, -0.15) is 0 Å². The minimum atomic E-state index is -0.211. The highest BCUT2D eigenvalue weighted by Gasteiger charge is 2.14. The number of furan rings is 1. The van der Waals surface area contributed by atoms with Crippen LogP contribution in [0.25, 0.3) is 11.0 Å². The minimum Gasteiger partial charge on any atom is -0.466 e. The minimum absolute atomic E-state index is 0.211. The fourth-order valence-electron chi connectivity index (χ4n) is 2.07. The van der Waals surface area contributed by atoms with E-state index in [1.165, 1.54) is 0 Å². The lowest BCUT2D eigenvalue weighted by molar-refractivity contribution is 0.101. The highest BCUT2D eigenvalue weighted by Crippen LogP contribution is 2.15. The van der Waals surface area contributed by atoms with Crippen molar-refractivity contribution in [3.8, 4) is 0 Å². The number of hydrogen-bond donors (Lipinski definition) is 1. The summed E-state index contributed by atoms with van der Waals surface area (Å²) in [5.41, 5.74) is 5.02. The van der Waals surface area contributed by atoms with Crippen LogP contribution >= 0.6 is 0 Å². The summed E-state index contributed by atoms with van der Waals surface area (Å²) in [6.07, 6.45) is 1.59. The molecule has 1 amide bonds. The summed E-state index contributed by atoms with van der Waals surface area (Å²) in [5, 5.41) is 0. The van der Waals surface area contributed by atoms with E-state index in [1.54, 1.807) is 24.0 Å². The van der Waals surface area contributed by atoms with Gasteiger partial charge in [-0.1, -0.05) is 12.1 Å². The monoisotopic (exact) mass is 255 g/mol. The first-order chi connectivity index (χ1) is 9.15. The molecule has 0 aliphatic rings. The SMILES string of the molecule is Cc1cc(C(=O)Nn2cnc3ccccc32)c(C)o1. The summed E-state index contributed by atoms with van der Waals surface area (Å²) in [7, 11) is 0. The summed E-state index contributed by atoms with van der Waals surface area (Å²) < 4.78 is 6.97. The molecule has 5 nitrogen and oxygen atoms in total. The molecule has 0 aliphatic carbocycles. The fourth-order valence-corrected chi connectivity index (χ4v) is 2.07. The lowest BCUT2D eigenvalue weighted by atomic mass is 10.2. The Balaban J connectivity index is 1.93. The number of amides is 1. The zero-order valence-corrected chi connectivity index (χ0v) is 10.7. The van der Waals surface area contributed by atoms with E-state index in [-0.39, 0.29) is 5.91 Å². The molecule has 0 bridgehead atoms. The van der Waals surface area contributed by atoms with Crippen LogP contribution in [0.5, 0.6) is 0 Å². The summed E-state index contributed by atoms with van der Waals surface area (Å²) >= 11 is 0. The number of nitrogens with one attached hydrogen (secondary N) is 1. The van der Waals surface area contributed by atoms with Crippen LogP contribution in [-0.2, 0) is 0 Å². The van der Waals surface area contributed by atoms with E-state index in [0.717, 1.165) is 16.8 Å². The van der Waals surface area contributed by atoms with E-state index in [1.807, 2.05) is 31.2 Å². The zero-order valence-electron chi connectivity index (χ0n) is 10.7. The Morgan fingerprint density at radius 3 is 2.84 bits per heavy atom. The second-order valence-corrected chi connectivity index (χ2v) is 4.37. The van der Waals surface area contributed by atoms with Gasteiger partial charge >= 0.3 is 0 Å². The molecule has 0 atom stereocenters. The number of benzene rings is 1. The number of carbonyl (C=O) groups is 1. The van der Waals surface area contributed by atoms with E-state index in [0.29, 0.717) is 11.3 Å². The van der Waals surface area contributed by atoms with Crippen LogP contribution in [-0.4, -0.2) is 15.6 Å². The summed E-state index contributed by atoms with van der Waals surface area (Å²) in [5.74, 6) is 1.12. The molecule has 2 aromatic heterocycles. The molecule has 0 aliphatic heterocycles. The maximum atomic E-state index is 12.2. The quantitative estimate of drug-likeness (QED) is 0.765. The molecule has 0 saturated carbocycles. The van der Waals surface area contributed by atoms with Gasteiger partial charge in [-0.15, -0.1) is 0 Å². The third-order valence-electron chi connectivity index (χ3n) is 2.96. The topological polar surface area (TPSA) is 60.1 Å². The maximum Gasteiger partial charge on any atom is 0.273 e. The molecule has 0 fully saturated rings. The number of aryl methyl sites for hydroxylation is 2. The lowest BCUT2D eigenvalue weighted by Crippen LogP contribution is -2.22. The van der Waals surface area contributed by atoms with Crippen LogP contribution in [0.1, 0.15) is 21.9 Å². The van der Waals surface area contributed by atoms with Crippen molar-refractivity contribution in [3.05, 3.63) is 53.7 Å². The van der Waals surface area contributed by atoms with Gasteiger partial charge in [-0.3, -0.25) is 10.2 Å². The average Bonchev–Trinajstić information content (AvgIpc) is 2.94. The summed E-state index contributed by atoms with van der Waals surface area (Å²) in [4.78, 5) is 16.4. The molecule has 0 radical (unpaired) electrons. The van der Waals surface area contributed by atoms with Gasteiger partial charge < -0.3 is 4.42 Å². The number of nitrogens with zero attached hydrogens (tertiary/aromatic N) is 2. The summed E-state index contributed by atoms with van der Waals surface area (Å²) in [6.45, 7) is 3.59. The van der Waals surface area contributed by atoms with Gasteiger partial charge in [0.2, 0.25) is 0 Å². The van der Waals surface area contributed by atoms with Crippen molar-refractivity contribution in [1.82, 2.24) is 9.66 Å². The molecule has 96 valence electrons. The Morgan fingerprint density at radius 2 is 2.11 bits per heavy atom. The fraction of sp³-hybridized carbons (Fsp3) is 0.143. The Hall–Kier alpha value is -2.56. The van der Waals surface area contributed by atoms with Crippen molar-refractivity contribution >= 4 is 16.9 Å². The molecule has 3 rings (SSSR count). The van der Waals surface area contributed by atoms with E-state index in [9.17, 15) is 4.79 Å². The van der Waals surface area contributed by atoms with Crippen molar-refractivity contribution in [2.45, 2.75) is 13.8 Å². The third kappa shape index (κ3) is 1.99. The second kappa shape index (κ2) is 4.28. The molecule has 2 heterocycles. The first-order valence-electron chi connectivity index (χ1n) is 5.95. The maximum absolute atomic E-state index is 12.2. The van der Waals surface area contributed by atoms with Gasteiger partial charge in [0, 0.05) is 0 Å². The highest BCUT2D eigenvalue weighted by atomic mass is 16.3. The van der Waals surface area contributed by atoms with Gasteiger partial charge in [0.25, 0.3) is 5.91 Å². The van der Waals surface area contributed by atoms with Crippen LogP contribution in [0, 0.1) is 13.8 Å². The molecule has 1 N–H and O–H groups in total. The van der Waals surface area contributed by atoms with Crippen molar-refractivity contribution in [2.24, 2.45) is 0 Å². The van der Waals surface area contributed by atoms with E-state index >= 15 is 0 Å². The molecule has 0 unspecified atom stereocenters. The Morgan fingerprint density at radius 1 is 1.32 bits per heavy atom. The van der Waals surface area contributed by atoms with Gasteiger partial charge in [-0.25, -0.2) is 9.66 Å². The zero-order chi connectivity index (χ0) is 13.4. The van der Waals surface area contributed by atoms with Crippen LogP contribution in [0.15, 0.2) is 41.1 Å². The van der Waals surface area contributed by atoms with E-state index in [4.69, 9.17) is 4.42 Å². The average molecular weight is 255 g/mol. The van der Waals surface area contributed by atoms with Crippen LogP contribution in [0.2, 0.25) is 0 Å². The van der Waals surface area contributed by atoms with Gasteiger partial charge in [-0.05, 0) is 32.0 Å². The third-order valence-corrected chi connectivity index (χ3v) is 2.96. The summed E-state index contributed by atoms with van der Waals surface area (Å²) in [6, 6.07) is 9.33. The molecular formula is C14H13N3O2. The molecule has 5 heteroatoms. The van der Waals surface area contributed by atoms with Crippen LogP contribution in [0.3, 0.4) is 0 Å². The molecule has 19 heavy (non-hydrogen) atoms. The molecule has 0 saturated heterocycles. The van der Waals surface area contributed by atoms with Crippen molar-refractivity contribution in [2.75, 3.05) is 5.43 Å².